The number of carbonyl (C=O) groups excluding carboxylic acids is 1. The normalized spacial score (nSPS) is 20.1. The van der Waals surface area contributed by atoms with Crippen LogP contribution in [0.4, 0.5) is 0 Å². The van der Waals surface area contributed by atoms with Gasteiger partial charge in [0.05, 0.1) is 19.3 Å². The van der Waals surface area contributed by atoms with Crippen molar-refractivity contribution in [3.05, 3.63) is 22.4 Å². The van der Waals surface area contributed by atoms with E-state index in [1.54, 1.807) is 11.3 Å². The molecule has 0 radical (unpaired) electrons. The number of aryl methyl sites for hydroxylation is 1. The summed E-state index contributed by atoms with van der Waals surface area (Å²) in [5.41, 5.74) is 5.67. The third-order valence-electron chi connectivity index (χ3n) is 3.21. The first kappa shape index (κ1) is 13.5. The zero-order valence-electron chi connectivity index (χ0n) is 10.5. The molecule has 1 saturated heterocycles. The number of nitrogens with two attached hydrogens (primary N) is 1. The van der Waals surface area contributed by atoms with E-state index in [1.807, 2.05) is 11.0 Å². The Morgan fingerprint density at radius 1 is 1.61 bits per heavy atom. The second kappa shape index (κ2) is 6.87. The Labute approximate surface area is 112 Å². The number of morpholine rings is 1. The zero-order chi connectivity index (χ0) is 12.8. The van der Waals surface area contributed by atoms with Crippen LogP contribution in [0, 0.1) is 0 Å². The number of hydrogen-bond donors (Lipinski definition) is 1. The Kier molecular flexibility index (Phi) is 5.16. The molecular weight excluding hydrogens is 248 g/mol. The van der Waals surface area contributed by atoms with Crippen molar-refractivity contribution in [2.45, 2.75) is 25.3 Å². The summed E-state index contributed by atoms with van der Waals surface area (Å²) < 4.78 is 5.34. The number of ether oxygens (including phenoxy) is 1. The quantitative estimate of drug-likeness (QED) is 0.874. The molecule has 1 aromatic heterocycles. The van der Waals surface area contributed by atoms with Gasteiger partial charge in [-0.25, -0.2) is 0 Å². The Morgan fingerprint density at radius 2 is 2.50 bits per heavy atom. The number of nitrogens with zero attached hydrogens (tertiary/aromatic N) is 1. The van der Waals surface area contributed by atoms with Crippen LogP contribution in [-0.4, -0.2) is 43.2 Å². The molecule has 1 aromatic rings. The van der Waals surface area contributed by atoms with Gasteiger partial charge in [-0.15, -0.1) is 11.3 Å². The van der Waals surface area contributed by atoms with Crippen molar-refractivity contribution in [2.24, 2.45) is 5.73 Å². The van der Waals surface area contributed by atoms with Gasteiger partial charge in [0.15, 0.2) is 0 Å². The molecule has 0 saturated carbocycles. The molecule has 100 valence electrons. The summed E-state index contributed by atoms with van der Waals surface area (Å²) in [5, 5.41) is 2.07. The highest BCUT2D eigenvalue weighted by atomic mass is 32.1. The van der Waals surface area contributed by atoms with Crippen LogP contribution in [0.3, 0.4) is 0 Å². The molecule has 2 rings (SSSR count). The van der Waals surface area contributed by atoms with Crippen LogP contribution in [0.5, 0.6) is 0 Å². The molecule has 2 heterocycles. The minimum absolute atomic E-state index is 0.0630. The van der Waals surface area contributed by atoms with Crippen LogP contribution in [0.2, 0.25) is 0 Å². The summed E-state index contributed by atoms with van der Waals surface area (Å²) in [4.78, 5) is 15.3. The van der Waals surface area contributed by atoms with Gasteiger partial charge in [0.25, 0.3) is 0 Å². The van der Waals surface area contributed by atoms with Gasteiger partial charge >= 0.3 is 0 Å². The minimum atomic E-state index is 0.0630. The van der Waals surface area contributed by atoms with Crippen LogP contribution in [0.1, 0.15) is 17.7 Å². The largest absolute Gasteiger partial charge is 0.377 e. The molecular formula is C13H20N2O2S. The molecule has 1 atom stereocenters. The topological polar surface area (TPSA) is 55.6 Å². The van der Waals surface area contributed by atoms with Gasteiger partial charge in [0.2, 0.25) is 5.91 Å². The lowest BCUT2D eigenvalue weighted by molar-refractivity contribution is -0.139. The fraction of sp³-hybridized carbons (Fsp3) is 0.615. The van der Waals surface area contributed by atoms with E-state index < -0.39 is 0 Å². The maximum absolute atomic E-state index is 12.1. The Hall–Kier alpha value is -0.910. The Balaban J connectivity index is 1.76. The van der Waals surface area contributed by atoms with Crippen molar-refractivity contribution in [1.82, 2.24) is 4.90 Å². The van der Waals surface area contributed by atoms with Gasteiger partial charge in [-0.3, -0.25) is 4.79 Å². The summed E-state index contributed by atoms with van der Waals surface area (Å²) in [6.45, 7) is 2.37. The summed E-state index contributed by atoms with van der Waals surface area (Å²) in [7, 11) is 0. The fourth-order valence-corrected chi connectivity index (χ4v) is 2.94. The van der Waals surface area contributed by atoms with Crippen molar-refractivity contribution in [2.75, 3.05) is 26.3 Å². The van der Waals surface area contributed by atoms with E-state index in [2.05, 4.69) is 11.4 Å². The van der Waals surface area contributed by atoms with Crippen LogP contribution >= 0.6 is 11.3 Å². The number of rotatable bonds is 5. The first-order valence-electron chi connectivity index (χ1n) is 6.41. The average molecular weight is 268 g/mol. The predicted octanol–water partition coefficient (Wildman–Crippen LogP) is 1.26. The Morgan fingerprint density at radius 3 is 3.22 bits per heavy atom. The molecule has 4 nitrogen and oxygen atoms in total. The molecule has 18 heavy (non-hydrogen) atoms. The second-order valence-corrected chi connectivity index (χ2v) is 5.52. The fourth-order valence-electron chi connectivity index (χ4n) is 2.19. The van der Waals surface area contributed by atoms with Gasteiger partial charge in [-0.1, -0.05) is 6.07 Å². The Bertz CT molecular complexity index is 367. The van der Waals surface area contributed by atoms with E-state index >= 15 is 0 Å². The summed E-state index contributed by atoms with van der Waals surface area (Å²) in [6, 6.07) is 4.23. The minimum Gasteiger partial charge on any atom is -0.377 e. The summed E-state index contributed by atoms with van der Waals surface area (Å²) in [5.74, 6) is 0.213. The van der Waals surface area contributed by atoms with Gasteiger partial charge in [0, 0.05) is 24.4 Å². The molecule has 1 amide bonds. The second-order valence-electron chi connectivity index (χ2n) is 4.48. The first-order valence-corrected chi connectivity index (χ1v) is 7.29. The lowest BCUT2D eigenvalue weighted by Gasteiger charge is -2.35. The van der Waals surface area contributed by atoms with E-state index in [-0.39, 0.29) is 11.9 Å². The van der Waals surface area contributed by atoms with Crippen LogP contribution in [0.25, 0.3) is 0 Å². The maximum Gasteiger partial charge on any atom is 0.223 e. The molecule has 2 N–H and O–H groups in total. The van der Waals surface area contributed by atoms with Crippen molar-refractivity contribution >= 4 is 17.2 Å². The smallest absolute Gasteiger partial charge is 0.223 e. The third-order valence-corrected chi connectivity index (χ3v) is 4.15. The molecule has 0 aliphatic carbocycles. The molecule has 5 heteroatoms. The zero-order valence-corrected chi connectivity index (χ0v) is 11.3. The lowest BCUT2D eigenvalue weighted by Crippen LogP contribution is -2.52. The number of carbonyl (C=O) groups is 1. The van der Waals surface area contributed by atoms with E-state index in [4.69, 9.17) is 10.5 Å². The molecule has 0 bridgehead atoms. The molecule has 0 spiro atoms. The molecule has 0 aromatic carbocycles. The van der Waals surface area contributed by atoms with Gasteiger partial charge in [0.1, 0.15) is 0 Å². The summed E-state index contributed by atoms with van der Waals surface area (Å²) >= 11 is 1.75. The SMILES string of the molecule is NCC1COCCN1C(=O)CCCc1cccs1. The number of thiophene rings is 1. The molecule has 1 unspecified atom stereocenters. The van der Waals surface area contributed by atoms with Gasteiger partial charge < -0.3 is 15.4 Å². The highest BCUT2D eigenvalue weighted by Gasteiger charge is 2.25. The summed E-state index contributed by atoms with van der Waals surface area (Å²) in [6.07, 6.45) is 2.50. The van der Waals surface area contributed by atoms with E-state index in [0.717, 1.165) is 12.8 Å². The first-order chi connectivity index (χ1) is 8.81. The van der Waals surface area contributed by atoms with E-state index in [1.165, 1.54) is 4.88 Å². The van der Waals surface area contributed by atoms with Crippen molar-refractivity contribution in [1.29, 1.82) is 0 Å². The van der Waals surface area contributed by atoms with Crippen LogP contribution in [0.15, 0.2) is 17.5 Å². The maximum atomic E-state index is 12.1. The standard InChI is InChI=1S/C13H20N2O2S/c14-9-11-10-17-7-6-15(11)13(16)5-1-3-12-4-2-8-18-12/h2,4,8,11H,1,3,5-7,9-10,14H2. The number of hydrogen-bond acceptors (Lipinski definition) is 4. The van der Waals surface area contributed by atoms with Gasteiger partial charge in [-0.05, 0) is 24.3 Å². The van der Waals surface area contributed by atoms with Crippen molar-refractivity contribution < 1.29 is 9.53 Å². The van der Waals surface area contributed by atoms with Crippen LogP contribution in [-0.2, 0) is 16.0 Å². The van der Waals surface area contributed by atoms with E-state index in [9.17, 15) is 4.79 Å². The number of amides is 1. The molecule has 1 aliphatic heterocycles. The average Bonchev–Trinajstić information content (AvgIpc) is 2.91. The van der Waals surface area contributed by atoms with Crippen molar-refractivity contribution in [3.63, 3.8) is 0 Å². The van der Waals surface area contributed by atoms with E-state index in [0.29, 0.717) is 32.7 Å². The van der Waals surface area contributed by atoms with Gasteiger partial charge in [-0.2, -0.15) is 0 Å². The predicted molar refractivity (Wildman–Crippen MR) is 72.6 cm³/mol. The monoisotopic (exact) mass is 268 g/mol. The lowest BCUT2D eigenvalue weighted by atomic mass is 10.1. The highest BCUT2D eigenvalue weighted by molar-refractivity contribution is 7.09. The third kappa shape index (κ3) is 3.54. The highest BCUT2D eigenvalue weighted by Crippen LogP contribution is 2.14. The van der Waals surface area contributed by atoms with Crippen LogP contribution < -0.4 is 5.73 Å². The molecule has 1 fully saturated rings. The molecule has 1 aliphatic rings. The van der Waals surface area contributed by atoms with Crippen molar-refractivity contribution in [3.8, 4) is 0 Å².